The molecule has 9 heteroatoms. The number of fused-ring (bicyclic) bond motifs is 1. The van der Waals surface area contributed by atoms with E-state index < -0.39 is 6.23 Å². The standard InChI is InChI=1S/C24H27ClN4O4/c1-16(30)33-22-15-27(12-13-28(22)17-8-9-20(25)21(26)14-17)10-4-5-11-29-23(31)18-6-2-3-7-19(18)24(29)32/h2-3,6-9,14,22H,4-5,10-13,15,26H2,1H3. The highest BCUT2D eigenvalue weighted by Crippen LogP contribution is 2.28. The van der Waals surface area contributed by atoms with Gasteiger partial charge in [0.25, 0.3) is 11.8 Å². The molecule has 2 amide bonds. The summed E-state index contributed by atoms with van der Waals surface area (Å²) in [5, 5.41) is 0.486. The Hall–Kier alpha value is -3.10. The summed E-state index contributed by atoms with van der Waals surface area (Å²) in [5.41, 5.74) is 8.24. The Morgan fingerprint density at radius 1 is 1.06 bits per heavy atom. The van der Waals surface area contributed by atoms with E-state index in [0.29, 0.717) is 47.9 Å². The Morgan fingerprint density at radius 3 is 2.36 bits per heavy atom. The van der Waals surface area contributed by atoms with Gasteiger partial charge >= 0.3 is 5.97 Å². The maximum Gasteiger partial charge on any atom is 0.304 e. The SMILES string of the molecule is CC(=O)OC1CN(CCCCN2C(=O)c3ccccc3C2=O)CCN1c1ccc(Cl)c(N)c1. The molecule has 1 fully saturated rings. The monoisotopic (exact) mass is 470 g/mol. The van der Waals surface area contributed by atoms with Crippen LogP contribution in [0.1, 0.15) is 40.5 Å². The molecule has 2 aliphatic heterocycles. The molecule has 0 aromatic heterocycles. The van der Waals surface area contributed by atoms with Crippen molar-refractivity contribution in [1.82, 2.24) is 9.80 Å². The number of nitrogens with two attached hydrogens (primary N) is 1. The van der Waals surface area contributed by atoms with Crippen LogP contribution in [0.4, 0.5) is 11.4 Å². The molecular formula is C24H27ClN4O4. The topological polar surface area (TPSA) is 96.2 Å². The van der Waals surface area contributed by atoms with Gasteiger partial charge in [-0.1, -0.05) is 23.7 Å². The predicted octanol–water partition coefficient (Wildman–Crippen LogP) is 3.01. The van der Waals surface area contributed by atoms with Crippen LogP contribution in [0.5, 0.6) is 0 Å². The number of nitrogens with zero attached hydrogens (tertiary/aromatic N) is 3. The lowest BCUT2D eigenvalue weighted by Crippen LogP contribution is -2.55. The Kier molecular flexibility index (Phi) is 6.85. The van der Waals surface area contributed by atoms with Gasteiger partial charge in [0, 0.05) is 32.2 Å². The first-order valence-corrected chi connectivity index (χ1v) is 11.4. The lowest BCUT2D eigenvalue weighted by atomic mass is 10.1. The molecule has 2 aromatic carbocycles. The first-order valence-electron chi connectivity index (χ1n) is 11.0. The highest BCUT2D eigenvalue weighted by atomic mass is 35.5. The molecular weight excluding hydrogens is 444 g/mol. The van der Waals surface area contributed by atoms with Crippen molar-refractivity contribution in [2.24, 2.45) is 0 Å². The number of carbonyl (C=O) groups excluding carboxylic acids is 3. The van der Waals surface area contributed by atoms with Crippen molar-refractivity contribution in [2.45, 2.75) is 26.0 Å². The third kappa shape index (κ3) is 4.96. The molecule has 0 bridgehead atoms. The summed E-state index contributed by atoms with van der Waals surface area (Å²) in [6.07, 6.45) is 1.08. The van der Waals surface area contributed by atoms with Crippen molar-refractivity contribution < 1.29 is 19.1 Å². The van der Waals surface area contributed by atoms with E-state index in [2.05, 4.69) is 4.90 Å². The lowest BCUT2D eigenvalue weighted by molar-refractivity contribution is -0.148. The maximum atomic E-state index is 12.5. The van der Waals surface area contributed by atoms with E-state index in [1.807, 2.05) is 11.0 Å². The van der Waals surface area contributed by atoms with Gasteiger partial charge in [0.15, 0.2) is 6.23 Å². The average molecular weight is 471 g/mol. The lowest BCUT2D eigenvalue weighted by Gasteiger charge is -2.42. The number of halogens is 1. The van der Waals surface area contributed by atoms with Gasteiger partial charge in [-0.2, -0.15) is 0 Å². The van der Waals surface area contributed by atoms with Gasteiger partial charge in [-0.25, -0.2) is 0 Å². The maximum absolute atomic E-state index is 12.5. The number of amides is 2. The van der Waals surface area contributed by atoms with E-state index >= 15 is 0 Å². The number of hydrogen-bond donors (Lipinski definition) is 1. The molecule has 8 nitrogen and oxygen atoms in total. The van der Waals surface area contributed by atoms with E-state index in [-0.39, 0.29) is 17.8 Å². The van der Waals surface area contributed by atoms with Crippen LogP contribution in [0.25, 0.3) is 0 Å². The molecule has 1 unspecified atom stereocenters. The number of imide groups is 1. The number of carbonyl (C=O) groups is 3. The molecule has 2 N–H and O–H groups in total. The second kappa shape index (κ2) is 9.80. The molecule has 174 valence electrons. The van der Waals surface area contributed by atoms with Gasteiger partial charge in [-0.3, -0.25) is 24.2 Å². The van der Waals surface area contributed by atoms with Gasteiger partial charge < -0.3 is 15.4 Å². The Balaban J connectivity index is 1.31. The smallest absolute Gasteiger partial charge is 0.304 e. The van der Waals surface area contributed by atoms with Crippen LogP contribution in [0, 0.1) is 0 Å². The van der Waals surface area contributed by atoms with Crippen molar-refractivity contribution in [3.8, 4) is 0 Å². The molecule has 0 radical (unpaired) electrons. The Morgan fingerprint density at radius 2 is 1.73 bits per heavy atom. The average Bonchev–Trinajstić information content (AvgIpc) is 3.03. The van der Waals surface area contributed by atoms with Crippen LogP contribution in [-0.2, 0) is 9.53 Å². The fraction of sp³-hybridized carbons (Fsp3) is 0.375. The van der Waals surface area contributed by atoms with Gasteiger partial charge in [0.1, 0.15) is 0 Å². The van der Waals surface area contributed by atoms with E-state index in [9.17, 15) is 14.4 Å². The van der Waals surface area contributed by atoms with Crippen LogP contribution in [0.15, 0.2) is 42.5 Å². The zero-order valence-electron chi connectivity index (χ0n) is 18.5. The minimum Gasteiger partial charge on any atom is -0.440 e. The molecule has 2 aromatic rings. The number of piperazine rings is 1. The summed E-state index contributed by atoms with van der Waals surface area (Å²) in [7, 11) is 0. The first-order chi connectivity index (χ1) is 15.8. The van der Waals surface area contributed by atoms with Gasteiger partial charge in [0.05, 0.1) is 28.4 Å². The van der Waals surface area contributed by atoms with E-state index in [1.165, 1.54) is 11.8 Å². The number of ether oxygens (including phenoxy) is 1. The number of anilines is 2. The number of esters is 1. The summed E-state index contributed by atoms with van der Waals surface area (Å²) >= 11 is 6.04. The number of unbranched alkanes of at least 4 members (excludes halogenated alkanes) is 1. The van der Waals surface area contributed by atoms with Crippen molar-refractivity contribution in [3.63, 3.8) is 0 Å². The fourth-order valence-corrected chi connectivity index (χ4v) is 4.47. The third-order valence-electron chi connectivity index (χ3n) is 6.02. The van der Waals surface area contributed by atoms with Crippen molar-refractivity contribution in [1.29, 1.82) is 0 Å². The molecule has 0 aliphatic carbocycles. The van der Waals surface area contributed by atoms with Crippen LogP contribution in [0.2, 0.25) is 5.02 Å². The van der Waals surface area contributed by atoms with Gasteiger partial charge in [0.2, 0.25) is 0 Å². The van der Waals surface area contributed by atoms with Gasteiger partial charge in [-0.15, -0.1) is 0 Å². The quantitative estimate of drug-likeness (QED) is 0.287. The summed E-state index contributed by atoms with van der Waals surface area (Å²) in [6, 6.07) is 12.3. The van der Waals surface area contributed by atoms with E-state index in [0.717, 1.165) is 25.2 Å². The van der Waals surface area contributed by atoms with Crippen LogP contribution < -0.4 is 10.6 Å². The Labute approximate surface area is 197 Å². The highest BCUT2D eigenvalue weighted by molar-refractivity contribution is 6.33. The first kappa shape index (κ1) is 23.1. The molecule has 2 aliphatic rings. The van der Waals surface area contributed by atoms with Crippen LogP contribution >= 0.6 is 11.6 Å². The van der Waals surface area contributed by atoms with Crippen molar-refractivity contribution >= 4 is 40.8 Å². The normalized spacial score (nSPS) is 18.5. The summed E-state index contributed by atoms with van der Waals surface area (Å²) in [6.45, 7) is 4.57. The van der Waals surface area contributed by atoms with Crippen molar-refractivity contribution in [2.75, 3.05) is 43.4 Å². The molecule has 0 saturated carbocycles. The second-order valence-corrected chi connectivity index (χ2v) is 8.69. The number of rotatable bonds is 7. The summed E-state index contributed by atoms with van der Waals surface area (Å²) < 4.78 is 5.58. The minimum atomic E-state index is -0.437. The van der Waals surface area contributed by atoms with E-state index in [1.54, 1.807) is 36.4 Å². The molecule has 2 heterocycles. The predicted molar refractivity (Wildman–Crippen MR) is 126 cm³/mol. The van der Waals surface area contributed by atoms with Crippen molar-refractivity contribution in [3.05, 3.63) is 58.6 Å². The number of nitrogen functional groups attached to an aromatic ring is 1. The Bertz CT molecular complexity index is 1040. The molecule has 4 rings (SSSR count). The van der Waals surface area contributed by atoms with Crippen LogP contribution in [0.3, 0.4) is 0 Å². The van der Waals surface area contributed by atoms with Gasteiger partial charge in [-0.05, 0) is 49.7 Å². The third-order valence-corrected chi connectivity index (χ3v) is 6.36. The zero-order chi connectivity index (χ0) is 23.5. The summed E-state index contributed by atoms with van der Waals surface area (Å²) in [4.78, 5) is 42.2. The summed E-state index contributed by atoms with van der Waals surface area (Å²) in [5.74, 6) is -0.790. The molecule has 1 saturated heterocycles. The number of hydrogen-bond acceptors (Lipinski definition) is 7. The van der Waals surface area contributed by atoms with E-state index in [4.69, 9.17) is 22.1 Å². The van der Waals surface area contributed by atoms with Crippen LogP contribution in [-0.4, -0.2) is 66.5 Å². The molecule has 1 atom stereocenters. The second-order valence-electron chi connectivity index (χ2n) is 8.28. The minimum absolute atomic E-state index is 0.221. The molecule has 0 spiro atoms. The zero-order valence-corrected chi connectivity index (χ0v) is 19.3. The molecule has 33 heavy (non-hydrogen) atoms. The number of benzene rings is 2. The highest BCUT2D eigenvalue weighted by Gasteiger charge is 2.34. The largest absolute Gasteiger partial charge is 0.440 e. The fourth-order valence-electron chi connectivity index (χ4n) is 4.35.